The van der Waals surface area contributed by atoms with E-state index in [1.54, 1.807) is 94.6 Å². The van der Waals surface area contributed by atoms with Gasteiger partial charge in [-0.3, -0.25) is 4.31 Å². The highest BCUT2D eigenvalue weighted by atomic mass is 127. The van der Waals surface area contributed by atoms with Crippen molar-refractivity contribution in [1.82, 2.24) is 29.8 Å². The van der Waals surface area contributed by atoms with Crippen molar-refractivity contribution in [2.24, 2.45) is 0 Å². The van der Waals surface area contributed by atoms with Gasteiger partial charge in [0.2, 0.25) is 20.9 Å². The van der Waals surface area contributed by atoms with Crippen molar-refractivity contribution in [1.29, 1.82) is 0 Å². The molecular formula is C39H46IN7O9S2. The molecule has 310 valence electrons. The first-order chi connectivity index (χ1) is 27.5. The topological polar surface area (TPSA) is 184 Å². The molecule has 1 aromatic heterocycles. The number of hydrogen-bond donors (Lipinski definition) is 2. The minimum atomic E-state index is -4.69. The number of nitrogens with one attached hydrogen (secondary N) is 1. The number of ether oxygens (including phenoxy) is 4. The first kappa shape index (κ1) is 44.1. The minimum Gasteiger partial charge on any atom is -0.497 e. The molecule has 5 rings (SSSR count). The Balaban J connectivity index is 1.72. The second-order valence-electron chi connectivity index (χ2n) is 14.2. The monoisotopic (exact) mass is 947 g/mol. The second kappa shape index (κ2) is 19.2. The van der Waals surface area contributed by atoms with Gasteiger partial charge in [-0.2, -0.15) is 4.31 Å². The quantitative estimate of drug-likeness (QED) is 0.0864. The highest BCUT2D eigenvalue weighted by molar-refractivity contribution is 14.1. The molecule has 19 heteroatoms. The van der Waals surface area contributed by atoms with Crippen molar-refractivity contribution in [2.45, 2.75) is 63.8 Å². The number of amides is 1. The largest absolute Gasteiger partial charge is 0.497 e. The van der Waals surface area contributed by atoms with E-state index in [0.29, 0.717) is 31.9 Å². The van der Waals surface area contributed by atoms with E-state index in [2.05, 4.69) is 20.8 Å². The lowest BCUT2D eigenvalue weighted by atomic mass is 10.1. The Kier molecular flexibility index (Phi) is 14.6. The van der Waals surface area contributed by atoms with Gasteiger partial charge in [-0.05, 0) is 126 Å². The maximum absolute atomic E-state index is 15.7. The van der Waals surface area contributed by atoms with Gasteiger partial charge in [-0.25, -0.2) is 26.3 Å². The van der Waals surface area contributed by atoms with Gasteiger partial charge in [0.15, 0.2) is 5.82 Å². The summed E-state index contributed by atoms with van der Waals surface area (Å²) in [6.45, 7) is 6.34. The third kappa shape index (κ3) is 10.9. The van der Waals surface area contributed by atoms with Crippen LogP contribution in [-0.4, -0.2) is 87.0 Å². The number of alkyl carbamates (subject to hydrolysis) is 1. The number of tetrazole rings is 1. The van der Waals surface area contributed by atoms with Crippen LogP contribution in [0.5, 0.6) is 17.2 Å². The molecule has 0 spiro atoms. The molecule has 1 heterocycles. The molecule has 0 saturated heterocycles. The number of hydrogen-bond acceptors (Lipinski definition) is 12. The summed E-state index contributed by atoms with van der Waals surface area (Å²) >= 11 is 2.00. The predicted molar refractivity (Wildman–Crippen MR) is 227 cm³/mol. The molecular weight excluding hydrogens is 902 g/mol. The zero-order valence-electron chi connectivity index (χ0n) is 33.1. The molecule has 0 saturated carbocycles. The fraction of sp³-hybridized carbons (Fsp3) is 0.333. The molecule has 0 fully saturated rings. The average Bonchev–Trinajstić information content (AvgIpc) is 3.64. The van der Waals surface area contributed by atoms with Gasteiger partial charge in [0.1, 0.15) is 28.8 Å². The number of nitrogens with zero attached hydrogens (tertiary/aromatic N) is 6. The molecule has 0 aliphatic carbocycles. The number of carbonyl (C=O) groups excluding carboxylic acids is 1. The fourth-order valence-electron chi connectivity index (χ4n) is 5.91. The highest BCUT2D eigenvalue weighted by Crippen LogP contribution is 2.41. The third-order valence-corrected chi connectivity index (χ3v) is 12.5. The molecule has 4 aromatic carbocycles. The van der Waals surface area contributed by atoms with Crippen LogP contribution in [0.3, 0.4) is 0 Å². The lowest BCUT2D eigenvalue weighted by Crippen LogP contribution is -2.43. The van der Waals surface area contributed by atoms with Crippen LogP contribution in [0.2, 0.25) is 0 Å². The van der Waals surface area contributed by atoms with Crippen LogP contribution in [0, 0.1) is 3.57 Å². The van der Waals surface area contributed by atoms with Crippen LogP contribution in [0.4, 0.5) is 10.5 Å². The standard InChI is InChI=1S/C39H46IN7O9S2/c1-26(25-56-38(48)41-39(2,3)4)47(57(49)50)34-21-20-33(40)35(37-42-43-44-46(37)24-29-12-18-32(55-7)19-13-29)36(34)58(51,52)45(22-27-8-14-30(53-5)15-9-27)23-28-10-16-31(54-6)17-11-28/h8-21,26,57H,22-25H2,1-7H3,(H,41,48)/t26-/m1/s1. The number of carbonyl (C=O) groups is 1. The number of thiol groups is 1. The number of sulfonamides is 1. The Labute approximate surface area is 353 Å². The van der Waals surface area contributed by atoms with Gasteiger partial charge in [0.05, 0.1) is 45.2 Å². The summed E-state index contributed by atoms with van der Waals surface area (Å²) in [5, 5.41) is 15.2. The summed E-state index contributed by atoms with van der Waals surface area (Å²) in [5.74, 6) is 1.89. The molecule has 0 aliphatic heterocycles. The maximum Gasteiger partial charge on any atom is 0.407 e. The second-order valence-corrected chi connectivity index (χ2v) is 18.1. The summed E-state index contributed by atoms with van der Waals surface area (Å²) in [6, 6.07) is 23.1. The van der Waals surface area contributed by atoms with E-state index < -0.39 is 45.2 Å². The molecule has 0 bridgehead atoms. The first-order valence-electron chi connectivity index (χ1n) is 17.9. The molecule has 0 unspecified atom stereocenters. The molecule has 58 heavy (non-hydrogen) atoms. The molecule has 0 radical (unpaired) electrons. The summed E-state index contributed by atoms with van der Waals surface area (Å²) < 4.78 is 83.4. The van der Waals surface area contributed by atoms with Gasteiger partial charge < -0.3 is 24.3 Å². The van der Waals surface area contributed by atoms with Crippen LogP contribution in [-0.2, 0) is 45.3 Å². The number of methoxy groups -OCH3 is 3. The smallest absolute Gasteiger partial charge is 0.407 e. The maximum atomic E-state index is 15.7. The van der Waals surface area contributed by atoms with Crippen LogP contribution in [0.1, 0.15) is 44.4 Å². The Bertz CT molecular complexity index is 2310. The van der Waals surface area contributed by atoms with E-state index in [9.17, 15) is 13.2 Å². The number of benzene rings is 4. The summed E-state index contributed by atoms with van der Waals surface area (Å²) in [4.78, 5) is 12.3. The summed E-state index contributed by atoms with van der Waals surface area (Å²) in [5.41, 5.74) is 1.32. The van der Waals surface area contributed by atoms with Crippen LogP contribution in [0.25, 0.3) is 11.4 Å². The van der Waals surface area contributed by atoms with Gasteiger partial charge >= 0.3 is 6.09 Å². The van der Waals surface area contributed by atoms with Crippen molar-refractivity contribution in [3.8, 4) is 28.6 Å². The normalized spacial score (nSPS) is 12.3. The zero-order chi connectivity index (χ0) is 42.2. The van der Waals surface area contributed by atoms with Crippen molar-refractivity contribution >= 4 is 55.3 Å². The minimum absolute atomic E-state index is 0.0732. The van der Waals surface area contributed by atoms with E-state index in [1.165, 1.54) is 36.2 Å². The Morgan fingerprint density at radius 1 is 0.828 bits per heavy atom. The van der Waals surface area contributed by atoms with Crippen molar-refractivity contribution < 1.29 is 40.6 Å². The molecule has 16 nitrogen and oxygen atoms in total. The zero-order valence-corrected chi connectivity index (χ0v) is 36.9. The third-order valence-electron chi connectivity index (χ3n) is 8.74. The van der Waals surface area contributed by atoms with E-state index in [0.717, 1.165) is 9.87 Å². The highest BCUT2D eigenvalue weighted by Gasteiger charge is 2.37. The van der Waals surface area contributed by atoms with Gasteiger partial charge in [-0.1, -0.05) is 36.4 Å². The summed E-state index contributed by atoms with van der Waals surface area (Å²) in [6.07, 6.45) is -0.764. The van der Waals surface area contributed by atoms with Crippen LogP contribution >= 0.6 is 22.6 Å². The van der Waals surface area contributed by atoms with E-state index >= 15 is 8.42 Å². The summed E-state index contributed by atoms with van der Waals surface area (Å²) in [7, 11) is -3.58. The fourth-order valence-corrected chi connectivity index (χ4v) is 9.37. The van der Waals surface area contributed by atoms with Crippen LogP contribution in [0.15, 0.2) is 89.8 Å². The molecule has 0 aliphatic rings. The Morgan fingerprint density at radius 3 is 1.79 bits per heavy atom. The van der Waals surface area contributed by atoms with Gasteiger partial charge in [0.25, 0.3) is 0 Å². The lowest BCUT2D eigenvalue weighted by Gasteiger charge is -2.31. The molecule has 1 N–H and O–H groups in total. The number of rotatable bonds is 17. The van der Waals surface area contributed by atoms with Crippen molar-refractivity contribution in [2.75, 3.05) is 32.2 Å². The lowest BCUT2D eigenvalue weighted by molar-refractivity contribution is 0.133. The number of halogens is 1. The predicted octanol–water partition coefficient (Wildman–Crippen LogP) is 5.66. The molecule has 1 amide bonds. The van der Waals surface area contributed by atoms with Crippen molar-refractivity contribution in [3.63, 3.8) is 0 Å². The van der Waals surface area contributed by atoms with E-state index in [-0.39, 0.29) is 41.6 Å². The Morgan fingerprint density at radius 2 is 1.33 bits per heavy atom. The number of aromatic nitrogens is 4. The molecule has 1 atom stereocenters. The van der Waals surface area contributed by atoms with Crippen molar-refractivity contribution in [3.05, 3.63) is 105 Å². The first-order valence-corrected chi connectivity index (χ1v) is 21.6. The number of anilines is 1. The van der Waals surface area contributed by atoms with Crippen LogP contribution < -0.4 is 23.8 Å². The molecule has 5 aromatic rings. The van der Waals surface area contributed by atoms with E-state index in [4.69, 9.17) is 18.9 Å². The van der Waals surface area contributed by atoms with E-state index in [1.807, 2.05) is 34.7 Å². The van der Waals surface area contributed by atoms with Gasteiger partial charge in [-0.15, -0.1) is 5.10 Å². The SMILES string of the molecule is COc1ccc(CN(Cc2ccc(OC)cc2)S(=O)(=O)c2c(N([C@H](C)COC(=O)NC(C)(C)C)[SH](=O)=O)ccc(I)c2-c2nnnn2Cc2ccc(OC)cc2)cc1. The average molecular weight is 948 g/mol. The van der Waals surface area contributed by atoms with Gasteiger partial charge in [0, 0.05) is 22.2 Å². The Hall–Kier alpha value is -4.99.